The molecule has 0 aliphatic rings. The van der Waals surface area contributed by atoms with Crippen LogP contribution in [0.15, 0.2) is 24.8 Å². The van der Waals surface area contributed by atoms with Gasteiger partial charge in [0, 0.05) is 18.6 Å². The first-order valence-electron chi connectivity index (χ1n) is 5.22. The summed E-state index contributed by atoms with van der Waals surface area (Å²) in [6.45, 7) is 1.28. The third-order valence-corrected chi connectivity index (χ3v) is 2.16. The van der Waals surface area contributed by atoms with Crippen molar-refractivity contribution in [3.8, 4) is 0 Å². The van der Waals surface area contributed by atoms with E-state index < -0.39 is 0 Å². The van der Waals surface area contributed by atoms with E-state index >= 15 is 0 Å². The van der Waals surface area contributed by atoms with E-state index in [9.17, 15) is 0 Å². The van der Waals surface area contributed by atoms with Gasteiger partial charge < -0.3 is 5.73 Å². The highest BCUT2D eigenvalue weighted by Gasteiger charge is 2.01. The number of aromatic nitrogens is 5. The van der Waals surface area contributed by atoms with Crippen molar-refractivity contribution >= 4 is 0 Å². The maximum Gasteiger partial charge on any atom is 0.0864 e. The van der Waals surface area contributed by atoms with Crippen molar-refractivity contribution in [2.24, 2.45) is 5.73 Å². The van der Waals surface area contributed by atoms with E-state index in [4.69, 9.17) is 5.73 Å². The minimum atomic E-state index is 0.601. The van der Waals surface area contributed by atoms with Gasteiger partial charge >= 0.3 is 0 Å². The number of nitrogens with two attached hydrogens (primary N) is 1. The third-order valence-electron chi connectivity index (χ3n) is 2.16. The lowest BCUT2D eigenvalue weighted by molar-refractivity contribution is 0.636. The van der Waals surface area contributed by atoms with Crippen LogP contribution in [0.4, 0.5) is 0 Å². The normalized spacial score (nSPS) is 10.6. The fourth-order valence-electron chi connectivity index (χ4n) is 1.39. The molecule has 6 heteroatoms. The molecule has 0 saturated carbocycles. The average molecular weight is 218 g/mol. The van der Waals surface area contributed by atoms with Crippen LogP contribution in [0, 0.1) is 0 Å². The topological polar surface area (TPSA) is 82.5 Å². The van der Waals surface area contributed by atoms with Crippen LogP contribution in [0.3, 0.4) is 0 Å². The van der Waals surface area contributed by atoms with Crippen LogP contribution in [0.25, 0.3) is 0 Å². The highest BCUT2D eigenvalue weighted by atomic mass is 15.4. The molecule has 2 aromatic rings. The zero-order valence-electron chi connectivity index (χ0n) is 8.95. The van der Waals surface area contributed by atoms with Gasteiger partial charge in [0.1, 0.15) is 0 Å². The molecule has 2 N–H and O–H groups in total. The summed E-state index contributed by atoms with van der Waals surface area (Å²) >= 11 is 0. The minimum Gasteiger partial charge on any atom is -0.330 e. The van der Waals surface area contributed by atoms with Crippen molar-refractivity contribution < 1.29 is 0 Å². The largest absolute Gasteiger partial charge is 0.330 e. The monoisotopic (exact) mass is 218 g/mol. The lowest BCUT2D eigenvalue weighted by atomic mass is 10.2. The molecule has 0 aliphatic heterocycles. The molecule has 0 saturated heterocycles. The molecule has 0 aliphatic carbocycles. The van der Waals surface area contributed by atoms with Gasteiger partial charge in [0.2, 0.25) is 0 Å². The summed E-state index contributed by atoms with van der Waals surface area (Å²) < 4.78 is 1.76. The Morgan fingerprint density at radius 2 is 2.19 bits per heavy atom. The predicted octanol–water partition coefficient (Wildman–Crippen LogP) is 0.00770. The van der Waals surface area contributed by atoms with Crippen LogP contribution in [-0.2, 0) is 13.0 Å². The molecule has 2 aromatic heterocycles. The Morgan fingerprint density at radius 3 is 2.94 bits per heavy atom. The summed E-state index contributed by atoms with van der Waals surface area (Å²) in [5.41, 5.74) is 7.27. The molecule has 0 unspecified atom stereocenters. The molecule has 2 heterocycles. The van der Waals surface area contributed by atoms with Crippen LogP contribution in [0.5, 0.6) is 0 Å². The number of nitrogens with zero attached hydrogens (tertiary/aromatic N) is 5. The van der Waals surface area contributed by atoms with Crippen molar-refractivity contribution in [2.45, 2.75) is 19.4 Å². The van der Waals surface area contributed by atoms with E-state index in [1.54, 1.807) is 23.3 Å². The number of rotatable bonds is 5. The predicted molar refractivity (Wildman–Crippen MR) is 58.5 cm³/mol. The highest BCUT2D eigenvalue weighted by molar-refractivity contribution is 4.98. The Morgan fingerprint density at radius 1 is 1.25 bits per heavy atom. The minimum absolute atomic E-state index is 0.601. The third kappa shape index (κ3) is 2.83. The highest BCUT2D eigenvalue weighted by Crippen LogP contribution is 1.99. The summed E-state index contributed by atoms with van der Waals surface area (Å²) in [6.07, 6.45) is 8.77. The van der Waals surface area contributed by atoms with E-state index in [0.717, 1.165) is 24.2 Å². The number of hydrogen-bond donors (Lipinski definition) is 1. The van der Waals surface area contributed by atoms with Crippen LogP contribution in [0.2, 0.25) is 0 Å². The van der Waals surface area contributed by atoms with Gasteiger partial charge in [-0.2, -0.15) is 0 Å². The molecule has 0 bridgehead atoms. The molecule has 0 atom stereocenters. The van der Waals surface area contributed by atoms with Crippen LogP contribution in [0.1, 0.15) is 17.8 Å². The summed E-state index contributed by atoms with van der Waals surface area (Å²) in [6, 6.07) is 0. The van der Waals surface area contributed by atoms with E-state index in [0.29, 0.717) is 13.1 Å². The molecule has 0 amide bonds. The quantitative estimate of drug-likeness (QED) is 0.764. The fraction of sp³-hybridized carbons (Fsp3) is 0.400. The van der Waals surface area contributed by atoms with Crippen molar-refractivity contribution in [3.05, 3.63) is 36.2 Å². The Bertz CT molecular complexity index is 424. The average Bonchev–Trinajstić information content (AvgIpc) is 2.75. The maximum absolute atomic E-state index is 5.43. The van der Waals surface area contributed by atoms with Gasteiger partial charge in [0.05, 0.1) is 24.1 Å². The summed E-state index contributed by atoms with van der Waals surface area (Å²) in [5, 5.41) is 8.08. The second-order valence-corrected chi connectivity index (χ2v) is 3.50. The molecular formula is C10H14N6. The van der Waals surface area contributed by atoms with E-state index in [2.05, 4.69) is 20.3 Å². The lowest BCUT2D eigenvalue weighted by Crippen LogP contribution is -2.02. The SMILES string of the molecule is NCCCc1cn(Cc2cnccn2)nn1. The van der Waals surface area contributed by atoms with Gasteiger partial charge in [-0.3, -0.25) is 9.97 Å². The van der Waals surface area contributed by atoms with Gasteiger partial charge in [-0.1, -0.05) is 5.21 Å². The van der Waals surface area contributed by atoms with Crippen molar-refractivity contribution in [2.75, 3.05) is 6.54 Å². The molecule has 0 spiro atoms. The fourth-order valence-corrected chi connectivity index (χ4v) is 1.39. The van der Waals surface area contributed by atoms with Crippen LogP contribution >= 0.6 is 0 Å². The molecule has 0 aromatic carbocycles. The summed E-state index contributed by atoms with van der Waals surface area (Å²) in [7, 11) is 0. The molecule has 0 fully saturated rings. The van der Waals surface area contributed by atoms with Crippen LogP contribution in [-0.4, -0.2) is 31.5 Å². The van der Waals surface area contributed by atoms with Crippen LogP contribution < -0.4 is 5.73 Å². The van der Waals surface area contributed by atoms with E-state index in [-0.39, 0.29) is 0 Å². The zero-order valence-corrected chi connectivity index (χ0v) is 8.95. The first-order chi connectivity index (χ1) is 7.88. The van der Waals surface area contributed by atoms with Gasteiger partial charge in [0.15, 0.2) is 0 Å². The Balaban J connectivity index is 1.97. The first kappa shape index (κ1) is 10.7. The Labute approximate surface area is 93.5 Å². The lowest BCUT2D eigenvalue weighted by Gasteiger charge is -1.97. The Hall–Kier alpha value is -1.82. The number of hydrogen-bond acceptors (Lipinski definition) is 5. The molecule has 0 radical (unpaired) electrons. The van der Waals surface area contributed by atoms with Crippen molar-refractivity contribution in [1.82, 2.24) is 25.0 Å². The maximum atomic E-state index is 5.43. The summed E-state index contributed by atoms with van der Waals surface area (Å²) in [4.78, 5) is 8.17. The van der Waals surface area contributed by atoms with Crippen molar-refractivity contribution in [3.63, 3.8) is 0 Å². The van der Waals surface area contributed by atoms with Crippen molar-refractivity contribution in [1.29, 1.82) is 0 Å². The van der Waals surface area contributed by atoms with E-state index in [1.807, 2.05) is 6.20 Å². The number of aryl methyl sites for hydroxylation is 1. The molecule has 16 heavy (non-hydrogen) atoms. The smallest absolute Gasteiger partial charge is 0.0864 e. The van der Waals surface area contributed by atoms with Gasteiger partial charge in [-0.05, 0) is 19.4 Å². The molecule has 6 nitrogen and oxygen atoms in total. The zero-order chi connectivity index (χ0) is 11.2. The Kier molecular flexibility index (Phi) is 3.55. The molecular weight excluding hydrogens is 204 g/mol. The van der Waals surface area contributed by atoms with Gasteiger partial charge in [-0.15, -0.1) is 5.10 Å². The molecule has 2 rings (SSSR count). The van der Waals surface area contributed by atoms with Gasteiger partial charge in [0.25, 0.3) is 0 Å². The van der Waals surface area contributed by atoms with Gasteiger partial charge in [-0.25, -0.2) is 4.68 Å². The standard InChI is InChI=1S/C10H14N6/c11-3-1-2-9-7-16(15-14-9)8-10-6-12-4-5-13-10/h4-7H,1-3,8,11H2. The second-order valence-electron chi connectivity index (χ2n) is 3.50. The first-order valence-corrected chi connectivity index (χ1v) is 5.22. The second kappa shape index (κ2) is 5.32. The molecule has 84 valence electrons. The summed E-state index contributed by atoms with van der Waals surface area (Å²) in [5.74, 6) is 0. The van der Waals surface area contributed by atoms with E-state index in [1.165, 1.54) is 0 Å².